The number of aryl methyl sites for hydroxylation is 1. The summed E-state index contributed by atoms with van der Waals surface area (Å²) >= 11 is 0. The fourth-order valence-corrected chi connectivity index (χ4v) is 3.39. The van der Waals surface area contributed by atoms with Crippen molar-refractivity contribution >= 4 is 11.7 Å². The number of rotatable bonds is 3. The molecular weight excluding hydrogens is 334 g/mol. The van der Waals surface area contributed by atoms with Gasteiger partial charge in [0, 0.05) is 49.2 Å². The number of nitrogens with one attached hydrogen (secondary N) is 1. The molecule has 0 spiro atoms. The quantitative estimate of drug-likeness (QED) is 0.908. The number of nitrogens with zero attached hydrogens (tertiary/aromatic N) is 4. The zero-order valence-corrected chi connectivity index (χ0v) is 14.9. The van der Waals surface area contributed by atoms with Crippen LogP contribution in [0.3, 0.4) is 0 Å². The van der Waals surface area contributed by atoms with Crippen molar-refractivity contribution in [2.24, 2.45) is 7.05 Å². The first kappa shape index (κ1) is 16.8. The van der Waals surface area contributed by atoms with Crippen LogP contribution < -0.4 is 10.1 Å². The van der Waals surface area contributed by atoms with Crippen molar-refractivity contribution in [1.29, 1.82) is 0 Å². The van der Waals surface area contributed by atoms with Crippen LogP contribution in [0.1, 0.15) is 24.1 Å². The number of carbonyl (C=O) groups is 1. The Balaban J connectivity index is 1.41. The summed E-state index contributed by atoms with van der Waals surface area (Å²) in [6, 6.07) is 3.40. The highest BCUT2D eigenvalue weighted by molar-refractivity contribution is 5.89. The fourth-order valence-electron chi connectivity index (χ4n) is 3.39. The summed E-state index contributed by atoms with van der Waals surface area (Å²) < 4.78 is 13.0. The molecule has 0 aliphatic carbocycles. The Morgan fingerprint density at radius 1 is 1.46 bits per heavy atom. The summed E-state index contributed by atoms with van der Waals surface area (Å²) in [7, 11) is 1.95. The number of ether oxygens (including phenoxy) is 2. The zero-order chi connectivity index (χ0) is 17.9. The molecule has 0 radical (unpaired) electrons. The van der Waals surface area contributed by atoms with Crippen LogP contribution in [0.4, 0.5) is 10.5 Å². The Labute approximate surface area is 152 Å². The van der Waals surface area contributed by atoms with Crippen molar-refractivity contribution in [1.82, 2.24) is 19.7 Å². The summed E-state index contributed by atoms with van der Waals surface area (Å²) in [6.07, 6.45) is 6.24. The van der Waals surface area contributed by atoms with Crippen LogP contribution in [-0.2, 0) is 24.8 Å². The monoisotopic (exact) mass is 357 g/mol. The molecule has 26 heavy (non-hydrogen) atoms. The van der Waals surface area contributed by atoms with Crippen molar-refractivity contribution in [2.75, 3.05) is 25.1 Å². The topological polar surface area (TPSA) is 81.5 Å². The van der Waals surface area contributed by atoms with E-state index in [4.69, 9.17) is 9.47 Å². The Bertz CT molecular complexity index is 785. The molecule has 4 rings (SSSR count). The first-order valence-corrected chi connectivity index (χ1v) is 8.95. The minimum Gasteiger partial charge on any atom is -0.472 e. The van der Waals surface area contributed by atoms with Gasteiger partial charge in [0.25, 0.3) is 0 Å². The third kappa shape index (κ3) is 3.65. The van der Waals surface area contributed by atoms with Crippen molar-refractivity contribution in [3.8, 4) is 5.88 Å². The molecule has 1 fully saturated rings. The zero-order valence-electron chi connectivity index (χ0n) is 14.9. The molecule has 1 N–H and O–H groups in total. The molecule has 0 bridgehead atoms. The van der Waals surface area contributed by atoms with Crippen LogP contribution in [0.5, 0.6) is 5.88 Å². The third-order valence-electron chi connectivity index (χ3n) is 4.80. The van der Waals surface area contributed by atoms with E-state index in [1.165, 1.54) is 5.69 Å². The summed E-state index contributed by atoms with van der Waals surface area (Å²) in [4.78, 5) is 18.7. The molecule has 2 aliphatic rings. The normalized spacial score (nSPS) is 19.7. The second kappa shape index (κ2) is 7.33. The van der Waals surface area contributed by atoms with Crippen LogP contribution in [0.15, 0.2) is 24.5 Å². The van der Waals surface area contributed by atoms with E-state index in [0.717, 1.165) is 24.8 Å². The summed E-state index contributed by atoms with van der Waals surface area (Å²) in [6.45, 7) is 2.59. The van der Waals surface area contributed by atoms with E-state index in [-0.39, 0.29) is 12.1 Å². The molecule has 8 heteroatoms. The second-order valence-electron chi connectivity index (χ2n) is 6.68. The van der Waals surface area contributed by atoms with Crippen LogP contribution in [0.2, 0.25) is 0 Å². The van der Waals surface area contributed by atoms with Gasteiger partial charge in [0.15, 0.2) is 0 Å². The van der Waals surface area contributed by atoms with Crippen LogP contribution >= 0.6 is 0 Å². The maximum atomic E-state index is 12.7. The van der Waals surface area contributed by atoms with Gasteiger partial charge in [-0.15, -0.1) is 0 Å². The van der Waals surface area contributed by atoms with Gasteiger partial charge in [-0.05, 0) is 18.9 Å². The number of carbonyl (C=O) groups excluding carboxylic acids is 1. The van der Waals surface area contributed by atoms with E-state index in [2.05, 4.69) is 15.4 Å². The number of hydrogen-bond donors (Lipinski definition) is 1. The van der Waals surface area contributed by atoms with Crippen LogP contribution in [-0.4, -0.2) is 51.6 Å². The lowest BCUT2D eigenvalue weighted by Gasteiger charge is -2.21. The van der Waals surface area contributed by atoms with Gasteiger partial charge in [0.2, 0.25) is 5.88 Å². The van der Waals surface area contributed by atoms with Gasteiger partial charge in [0.1, 0.15) is 6.10 Å². The predicted octanol–water partition coefficient (Wildman–Crippen LogP) is 1.96. The maximum Gasteiger partial charge on any atom is 0.322 e. The lowest BCUT2D eigenvalue weighted by Crippen LogP contribution is -2.34. The Kier molecular flexibility index (Phi) is 4.75. The number of urea groups is 1. The lowest BCUT2D eigenvalue weighted by molar-refractivity contribution is 0.138. The third-order valence-corrected chi connectivity index (χ3v) is 4.80. The van der Waals surface area contributed by atoms with E-state index in [1.54, 1.807) is 18.3 Å². The molecule has 2 aromatic rings. The number of pyridine rings is 1. The highest BCUT2D eigenvalue weighted by atomic mass is 16.5. The van der Waals surface area contributed by atoms with Crippen molar-refractivity contribution in [3.05, 3.63) is 35.8 Å². The first-order valence-electron chi connectivity index (χ1n) is 8.95. The molecule has 2 amide bonds. The Hall–Kier alpha value is -2.61. The van der Waals surface area contributed by atoms with E-state index in [0.29, 0.717) is 37.9 Å². The van der Waals surface area contributed by atoms with Crippen LogP contribution in [0.25, 0.3) is 0 Å². The molecule has 138 valence electrons. The van der Waals surface area contributed by atoms with Crippen molar-refractivity contribution in [2.45, 2.75) is 31.9 Å². The molecule has 4 heterocycles. The smallest absolute Gasteiger partial charge is 0.322 e. The number of hydrogen-bond acceptors (Lipinski definition) is 5. The molecule has 1 atom stereocenters. The molecule has 0 saturated carbocycles. The minimum atomic E-state index is -0.122. The number of anilines is 1. The van der Waals surface area contributed by atoms with Crippen LogP contribution in [0, 0.1) is 0 Å². The largest absolute Gasteiger partial charge is 0.472 e. The van der Waals surface area contributed by atoms with E-state index >= 15 is 0 Å². The van der Waals surface area contributed by atoms with Gasteiger partial charge >= 0.3 is 6.03 Å². The molecule has 2 aliphatic heterocycles. The lowest BCUT2D eigenvalue weighted by atomic mass is 10.2. The van der Waals surface area contributed by atoms with Gasteiger partial charge in [-0.25, -0.2) is 9.78 Å². The van der Waals surface area contributed by atoms with E-state index in [9.17, 15) is 4.79 Å². The van der Waals surface area contributed by atoms with Gasteiger partial charge in [-0.3, -0.25) is 4.68 Å². The van der Waals surface area contributed by atoms with E-state index in [1.807, 2.05) is 22.8 Å². The molecule has 0 unspecified atom stereocenters. The van der Waals surface area contributed by atoms with Gasteiger partial charge in [0.05, 0.1) is 26.0 Å². The highest BCUT2D eigenvalue weighted by Crippen LogP contribution is 2.21. The number of aromatic nitrogens is 3. The van der Waals surface area contributed by atoms with E-state index < -0.39 is 0 Å². The van der Waals surface area contributed by atoms with Crippen molar-refractivity contribution < 1.29 is 14.3 Å². The van der Waals surface area contributed by atoms with Gasteiger partial charge in [-0.2, -0.15) is 5.10 Å². The Morgan fingerprint density at radius 3 is 3.23 bits per heavy atom. The number of amides is 2. The molecule has 0 aromatic carbocycles. The van der Waals surface area contributed by atoms with Gasteiger partial charge < -0.3 is 19.7 Å². The maximum absolute atomic E-state index is 12.7. The molecule has 2 aromatic heterocycles. The fraction of sp³-hybridized carbons (Fsp3) is 0.500. The first-order chi connectivity index (χ1) is 12.7. The minimum absolute atomic E-state index is 0.0306. The second-order valence-corrected chi connectivity index (χ2v) is 6.68. The molecular formula is C18H23N5O3. The summed E-state index contributed by atoms with van der Waals surface area (Å²) in [5, 5.41) is 7.25. The number of fused-ring (bicyclic) bond motifs is 1. The SMILES string of the molecule is Cn1ncc2c1CCCN(C(=O)Nc1ccnc(O[C@H]3CCOC3)c1)C2. The van der Waals surface area contributed by atoms with Gasteiger partial charge in [-0.1, -0.05) is 0 Å². The summed E-state index contributed by atoms with van der Waals surface area (Å²) in [5.74, 6) is 0.503. The average Bonchev–Trinajstić information content (AvgIpc) is 3.19. The average molecular weight is 357 g/mol. The molecule has 8 nitrogen and oxygen atoms in total. The molecule has 1 saturated heterocycles. The summed E-state index contributed by atoms with van der Waals surface area (Å²) in [5.41, 5.74) is 2.99. The Morgan fingerprint density at radius 2 is 2.38 bits per heavy atom. The standard InChI is InChI=1S/C18H23N5O3/c1-22-16-3-2-7-23(11-13(16)10-20-22)18(24)21-14-4-6-19-17(9-14)26-15-5-8-25-12-15/h4,6,9-10,15H,2-3,5,7-8,11-12H2,1H3,(H,19,21,24)/t15-/m0/s1. The highest BCUT2D eigenvalue weighted by Gasteiger charge is 2.22. The predicted molar refractivity (Wildman–Crippen MR) is 95.0 cm³/mol. The van der Waals surface area contributed by atoms with Crippen molar-refractivity contribution in [3.63, 3.8) is 0 Å².